The van der Waals surface area contributed by atoms with Crippen LogP contribution in [0.4, 0.5) is 0 Å². The van der Waals surface area contributed by atoms with E-state index in [1.807, 2.05) is 39.8 Å². The summed E-state index contributed by atoms with van der Waals surface area (Å²) in [4.78, 5) is 0. The highest BCUT2D eigenvalue weighted by molar-refractivity contribution is 5.48. The van der Waals surface area contributed by atoms with E-state index >= 15 is 0 Å². The topological polar surface area (TPSA) is 33.0 Å². The summed E-state index contributed by atoms with van der Waals surface area (Å²) in [5.41, 5.74) is 1.33. The molecule has 0 unspecified atom stereocenters. The van der Waals surface area contributed by atoms with Crippen LogP contribution in [0.25, 0.3) is 0 Å². The van der Waals surface area contributed by atoms with E-state index in [-0.39, 0.29) is 5.60 Å². The van der Waals surface area contributed by atoms with Crippen LogP contribution in [0.2, 0.25) is 0 Å². The first-order valence-electron chi connectivity index (χ1n) is 4.63. The average Bonchev–Trinajstić information content (AvgIpc) is 2.06. The summed E-state index contributed by atoms with van der Waals surface area (Å²) < 4.78 is 5.73. The van der Waals surface area contributed by atoms with Gasteiger partial charge in [0, 0.05) is 0 Å². The Kier molecular flexibility index (Phi) is 2.81. The first-order chi connectivity index (χ1) is 6.44. The zero-order chi connectivity index (χ0) is 10.8. The summed E-state index contributed by atoms with van der Waals surface area (Å²) in [6.07, 6.45) is 0. The lowest BCUT2D eigenvalue weighted by atomic mass is 10.1. The normalized spacial score (nSPS) is 10.8. The van der Waals surface area contributed by atoms with Crippen molar-refractivity contribution < 1.29 is 4.74 Å². The predicted molar refractivity (Wildman–Crippen MR) is 56.3 cm³/mol. The van der Waals surface area contributed by atoms with E-state index in [1.165, 1.54) is 0 Å². The second-order valence-electron chi connectivity index (χ2n) is 4.28. The maximum atomic E-state index is 8.91. The van der Waals surface area contributed by atoms with Crippen LogP contribution < -0.4 is 4.74 Å². The standard InChI is InChI=1S/C12H15NO/c1-9-6-5-7-10(8-13)11(9)14-12(2,3)4/h5-7H,1-4H3. The minimum atomic E-state index is -0.266. The van der Waals surface area contributed by atoms with Crippen LogP contribution in [0.3, 0.4) is 0 Å². The fraction of sp³-hybridized carbons (Fsp3) is 0.417. The third-order valence-electron chi connectivity index (χ3n) is 1.74. The van der Waals surface area contributed by atoms with Crippen molar-refractivity contribution in [1.82, 2.24) is 0 Å². The molecule has 74 valence electrons. The van der Waals surface area contributed by atoms with Crippen molar-refractivity contribution in [3.63, 3.8) is 0 Å². The number of para-hydroxylation sites is 1. The molecular weight excluding hydrogens is 174 g/mol. The van der Waals surface area contributed by atoms with E-state index < -0.39 is 0 Å². The van der Waals surface area contributed by atoms with Gasteiger partial charge in [-0.2, -0.15) is 5.26 Å². The van der Waals surface area contributed by atoms with Gasteiger partial charge in [0.1, 0.15) is 17.4 Å². The quantitative estimate of drug-likeness (QED) is 0.680. The summed E-state index contributed by atoms with van der Waals surface area (Å²) in [5, 5.41) is 8.91. The molecule has 2 heteroatoms. The van der Waals surface area contributed by atoms with E-state index in [4.69, 9.17) is 10.00 Å². The van der Waals surface area contributed by atoms with Crippen molar-refractivity contribution in [2.24, 2.45) is 0 Å². The van der Waals surface area contributed by atoms with Crippen LogP contribution in [0.5, 0.6) is 5.75 Å². The molecule has 0 aliphatic rings. The van der Waals surface area contributed by atoms with Gasteiger partial charge < -0.3 is 4.74 Å². The molecule has 14 heavy (non-hydrogen) atoms. The second-order valence-corrected chi connectivity index (χ2v) is 4.28. The lowest BCUT2D eigenvalue weighted by Crippen LogP contribution is -2.24. The molecule has 0 aromatic heterocycles. The molecule has 0 aliphatic heterocycles. The maximum absolute atomic E-state index is 8.91. The Hall–Kier alpha value is -1.49. The van der Waals surface area contributed by atoms with Gasteiger partial charge in [0.2, 0.25) is 0 Å². The molecule has 1 aromatic carbocycles. The molecule has 0 heterocycles. The van der Waals surface area contributed by atoms with Crippen molar-refractivity contribution >= 4 is 0 Å². The van der Waals surface area contributed by atoms with Crippen LogP contribution in [0, 0.1) is 18.3 Å². The van der Waals surface area contributed by atoms with Crippen LogP contribution in [0.1, 0.15) is 31.9 Å². The average molecular weight is 189 g/mol. The van der Waals surface area contributed by atoms with E-state index in [0.29, 0.717) is 11.3 Å². The van der Waals surface area contributed by atoms with E-state index in [1.54, 1.807) is 6.07 Å². The number of hydrogen-bond donors (Lipinski definition) is 0. The Morgan fingerprint density at radius 2 is 1.93 bits per heavy atom. The van der Waals surface area contributed by atoms with Gasteiger partial charge in [-0.05, 0) is 39.3 Å². The van der Waals surface area contributed by atoms with E-state index in [0.717, 1.165) is 5.56 Å². The lowest BCUT2D eigenvalue weighted by molar-refractivity contribution is 0.129. The van der Waals surface area contributed by atoms with Crippen LogP contribution in [0.15, 0.2) is 18.2 Å². The molecule has 2 nitrogen and oxygen atoms in total. The van der Waals surface area contributed by atoms with Gasteiger partial charge >= 0.3 is 0 Å². The van der Waals surface area contributed by atoms with Gasteiger partial charge in [-0.3, -0.25) is 0 Å². The number of hydrogen-bond acceptors (Lipinski definition) is 2. The third-order valence-corrected chi connectivity index (χ3v) is 1.74. The number of benzene rings is 1. The van der Waals surface area contributed by atoms with Gasteiger partial charge in [0.25, 0.3) is 0 Å². The molecule has 0 fully saturated rings. The summed E-state index contributed by atoms with van der Waals surface area (Å²) in [5.74, 6) is 0.697. The fourth-order valence-corrected chi connectivity index (χ4v) is 1.18. The van der Waals surface area contributed by atoms with Crippen LogP contribution in [-0.4, -0.2) is 5.60 Å². The zero-order valence-corrected chi connectivity index (χ0v) is 9.09. The molecule has 0 saturated carbocycles. The summed E-state index contributed by atoms with van der Waals surface area (Å²) in [6.45, 7) is 7.86. The summed E-state index contributed by atoms with van der Waals surface area (Å²) in [7, 11) is 0. The number of aryl methyl sites for hydroxylation is 1. The van der Waals surface area contributed by atoms with E-state index in [2.05, 4.69) is 6.07 Å². The minimum absolute atomic E-state index is 0.266. The molecule has 0 amide bonds. The number of rotatable bonds is 1. The molecule has 0 aliphatic carbocycles. The Morgan fingerprint density at radius 1 is 1.29 bits per heavy atom. The van der Waals surface area contributed by atoms with Gasteiger partial charge in [0.05, 0.1) is 5.56 Å². The molecule has 0 atom stereocenters. The highest BCUT2D eigenvalue weighted by Gasteiger charge is 2.15. The Morgan fingerprint density at radius 3 is 2.43 bits per heavy atom. The molecule has 1 aromatic rings. The van der Waals surface area contributed by atoms with Gasteiger partial charge in [0.15, 0.2) is 0 Å². The van der Waals surface area contributed by atoms with Crippen molar-refractivity contribution in [3.05, 3.63) is 29.3 Å². The molecule has 0 N–H and O–H groups in total. The first-order valence-corrected chi connectivity index (χ1v) is 4.63. The zero-order valence-electron chi connectivity index (χ0n) is 9.09. The fourth-order valence-electron chi connectivity index (χ4n) is 1.18. The molecule has 0 saturated heterocycles. The SMILES string of the molecule is Cc1cccc(C#N)c1OC(C)(C)C. The number of ether oxygens (including phenoxy) is 1. The van der Waals surface area contributed by atoms with Crippen molar-refractivity contribution in [2.75, 3.05) is 0 Å². The van der Waals surface area contributed by atoms with E-state index in [9.17, 15) is 0 Å². The Balaban J connectivity index is 3.13. The first kappa shape index (κ1) is 10.6. The maximum Gasteiger partial charge on any atom is 0.140 e. The van der Waals surface area contributed by atoms with Crippen molar-refractivity contribution in [3.8, 4) is 11.8 Å². The van der Waals surface area contributed by atoms with Crippen molar-refractivity contribution in [2.45, 2.75) is 33.3 Å². The van der Waals surface area contributed by atoms with Gasteiger partial charge in [-0.25, -0.2) is 0 Å². The third kappa shape index (κ3) is 2.50. The monoisotopic (exact) mass is 189 g/mol. The number of nitriles is 1. The van der Waals surface area contributed by atoms with Crippen LogP contribution in [-0.2, 0) is 0 Å². The van der Waals surface area contributed by atoms with Gasteiger partial charge in [-0.1, -0.05) is 12.1 Å². The van der Waals surface area contributed by atoms with Crippen LogP contribution >= 0.6 is 0 Å². The predicted octanol–water partition coefficient (Wildman–Crippen LogP) is 3.04. The Labute approximate surface area is 85.1 Å². The molecule has 0 radical (unpaired) electrons. The number of nitrogens with zero attached hydrogens (tertiary/aromatic N) is 1. The second kappa shape index (κ2) is 3.71. The summed E-state index contributed by atoms with van der Waals surface area (Å²) >= 11 is 0. The molecule has 1 rings (SSSR count). The largest absolute Gasteiger partial charge is 0.486 e. The molecule has 0 bridgehead atoms. The molecular formula is C12H15NO. The smallest absolute Gasteiger partial charge is 0.140 e. The highest BCUT2D eigenvalue weighted by Crippen LogP contribution is 2.26. The van der Waals surface area contributed by atoms with Crippen molar-refractivity contribution in [1.29, 1.82) is 5.26 Å². The summed E-state index contributed by atoms with van der Waals surface area (Å²) in [6, 6.07) is 7.72. The minimum Gasteiger partial charge on any atom is -0.486 e. The highest BCUT2D eigenvalue weighted by atomic mass is 16.5. The molecule has 0 spiro atoms. The van der Waals surface area contributed by atoms with Gasteiger partial charge in [-0.15, -0.1) is 0 Å². The lowest BCUT2D eigenvalue weighted by Gasteiger charge is -2.23. The Bertz CT molecular complexity index is 369.